The Morgan fingerprint density at radius 2 is 1.58 bits per heavy atom. The fourth-order valence-electron chi connectivity index (χ4n) is 2.01. The van der Waals surface area contributed by atoms with Crippen molar-refractivity contribution in [2.75, 3.05) is 32.8 Å². The van der Waals surface area contributed by atoms with Crippen molar-refractivity contribution in [1.82, 2.24) is 4.90 Å². The van der Waals surface area contributed by atoms with E-state index < -0.39 is 5.79 Å². The molecule has 0 aromatic rings. The molecule has 5 heteroatoms. The minimum absolute atomic E-state index is 0.0119. The maximum atomic E-state index is 11.3. The van der Waals surface area contributed by atoms with E-state index in [1.54, 1.807) is 4.90 Å². The van der Waals surface area contributed by atoms with Crippen LogP contribution in [0.25, 0.3) is 0 Å². The normalized spacial score (nSPS) is 20.2. The molecule has 0 bridgehead atoms. The van der Waals surface area contributed by atoms with E-state index in [-0.39, 0.29) is 12.5 Å². The second-order valence-corrected chi connectivity index (χ2v) is 4.40. The fourth-order valence-corrected chi connectivity index (χ4v) is 2.01. The lowest BCUT2D eigenvalue weighted by Gasteiger charge is -2.37. The second-order valence-electron chi connectivity index (χ2n) is 4.40. The SMILES string of the molecule is CC.CCC.NCC(=O)N1CCC2(CC1)OCCO2. The van der Waals surface area contributed by atoms with E-state index in [9.17, 15) is 4.79 Å². The van der Waals surface area contributed by atoms with Crippen LogP contribution in [-0.4, -0.2) is 49.4 Å². The zero-order valence-electron chi connectivity index (χ0n) is 12.9. The summed E-state index contributed by atoms with van der Waals surface area (Å²) in [4.78, 5) is 13.1. The van der Waals surface area contributed by atoms with Gasteiger partial charge in [0.25, 0.3) is 0 Å². The van der Waals surface area contributed by atoms with Gasteiger partial charge in [0.05, 0.1) is 19.8 Å². The summed E-state index contributed by atoms with van der Waals surface area (Å²) in [7, 11) is 0. The topological polar surface area (TPSA) is 64.8 Å². The molecule has 2 heterocycles. The number of rotatable bonds is 1. The average molecular weight is 274 g/mol. The quantitative estimate of drug-likeness (QED) is 0.791. The monoisotopic (exact) mass is 274 g/mol. The molecule has 2 N–H and O–H groups in total. The maximum Gasteiger partial charge on any atom is 0.236 e. The van der Waals surface area contributed by atoms with Crippen LogP contribution >= 0.6 is 0 Å². The number of piperidine rings is 1. The van der Waals surface area contributed by atoms with Crippen LogP contribution in [0.4, 0.5) is 0 Å². The molecule has 0 aromatic carbocycles. The standard InChI is InChI=1S/C9H16N2O3.C3H8.C2H6/c10-7-8(12)11-3-1-9(2-4-11)13-5-6-14-9;1-3-2;1-2/h1-7,10H2;3H2,1-2H3;1-2H3. The first-order valence-corrected chi connectivity index (χ1v) is 7.43. The Morgan fingerprint density at radius 3 is 1.95 bits per heavy atom. The number of carbonyl (C=O) groups excluding carboxylic acids is 1. The summed E-state index contributed by atoms with van der Waals surface area (Å²) >= 11 is 0. The van der Waals surface area contributed by atoms with Crippen LogP contribution in [0.2, 0.25) is 0 Å². The van der Waals surface area contributed by atoms with E-state index >= 15 is 0 Å². The van der Waals surface area contributed by atoms with Gasteiger partial charge in [-0.25, -0.2) is 0 Å². The Balaban J connectivity index is 0.000000573. The van der Waals surface area contributed by atoms with Crippen molar-refractivity contribution in [3.8, 4) is 0 Å². The Hall–Kier alpha value is -0.650. The largest absolute Gasteiger partial charge is 0.347 e. The summed E-state index contributed by atoms with van der Waals surface area (Å²) in [6.45, 7) is 11.1. The molecular formula is C14H30N2O3. The van der Waals surface area contributed by atoms with Gasteiger partial charge in [-0.05, 0) is 0 Å². The minimum Gasteiger partial charge on any atom is -0.347 e. The van der Waals surface area contributed by atoms with Crippen LogP contribution in [-0.2, 0) is 14.3 Å². The second kappa shape index (κ2) is 10.2. The van der Waals surface area contributed by atoms with Gasteiger partial charge in [0.15, 0.2) is 5.79 Å². The third kappa shape index (κ3) is 5.89. The van der Waals surface area contributed by atoms with E-state index in [2.05, 4.69) is 13.8 Å². The van der Waals surface area contributed by atoms with E-state index in [4.69, 9.17) is 15.2 Å². The number of nitrogens with zero attached hydrogens (tertiary/aromatic N) is 1. The van der Waals surface area contributed by atoms with Crippen molar-refractivity contribution in [3.63, 3.8) is 0 Å². The van der Waals surface area contributed by atoms with Crippen molar-refractivity contribution in [2.45, 2.75) is 52.7 Å². The molecule has 0 radical (unpaired) electrons. The van der Waals surface area contributed by atoms with Crippen molar-refractivity contribution >= 4 is 5.91 Å². The smallest absolute Gasteiger partial charge is 0.236 e. The molecular weight excluding hydrogens is 244 g/mol. The van der Waals surface area contributed by atoms with Gasteiger partial charge >= 0.3 is 0 Å². The Morgan fingerprint density at radius 1 is 1.16 bits per heavy atom. The number of likely N-dealkylation sites (tertiary alicyclic amines) is 1. The molecule has 0 saturated carbocycles. The summed E-state index contributed by atoms with van der Waals surface area (Å²) in [5.74, 6) is -0.386. The zero-order valence-corrected chi connectivity index (χ0v) is 12.9. The van der Waals surface area contributed by atoms with Crippen molar-refractivity contribution in [3.05, 3.63) is 0 Å². The highest BCUT2D eigenvalue weighted by molar-refractivity contribution is 5.78. The van der Waals surface area contributed by atoms with Crippen LogP contribution in [0.1, 0.15) is 47.0 Å². The van der Waals surface area contributed by atoms with Crippen LogP contribution in [0, 0.1) is 0 Å². The molecule has 2 aliphatic rings. The summed E-state index contributed by atoms with van der Waals surface area (Å²) in [5, 5.41) is 0. The van der Waals surface area contributed by atoms with E-state index in [0.717, 1.165) is 12.8 Å². The van der Waals surface area contributed by atoms with Gasteiger partial charge in [0.1, 0.15) is 0 Å². The average Bonchev–Trinajstić information content (AvgIpc) is 2.90. The zero-order chi connectivity index (χ0) is 14.7. The van der Waals surface area contributed by atoms with Gasteiger partial charge < -0.3 is 20.1 Å². The lowest BCUT2D eigenvalue weighted by atomic mass is 10.0. The van der Waals surface area contributed by atoms with E-state index in [0.29, 0.717) is 26.3 Å². The van der Waals surface area contributed by atoms with Crippen LogP contribution < -0.4 is 5.73 Å². The predicted octanol–water partition coefficient (Wildman–Crippen LogP) is 1.75. The number of hydrogen-bond acceptors (Lipinski definition) is 4. The first-order valence-electron chi connectivity index (χ1n) is 7.43. The van der Waals surface area contributed by atoms with E-state index in [1.807, 2.05) is 13.8 Å². The number of hydrogen-bond donors (Lipinski definition) is 1. The molecule has 2 aliphatic heterocycles. The van der Waals surface area contributed by atoms with Gasteiger partial charge in [0.2, 0.25) is 5.91 Å². The highest BCUT2D eigenvalue weighted by Crippen LogP contribution is 2.30. The highest BCUT2D eigenvalue weighted by atomic mass is 16.7. The molecule has 2 fully saturated rings. The van der Waals surface area contributed by atoms with Crippen molar-refractivity contribution < 1.29 is 14.3 Å². The highest BCUT2D eigenvalue weighted by Gasteiger charge is 2.40. The Labute approximate surface area is 117 Å². The maximum absolute atomic E-state index is 11.3. The summed E-state index contributed by atoms with van der Waals surface area (Å²) in [5.41, 5.74) is 5.29. The molecule has 0 aliphatic carbocycles. The predicted molar refractivity (Wildman–Crippen MR) is 76.8 cm³/mol. The number of carbonyl (C=O) groups is 1. The molecule has 1 amide bonds. The molecule has 2 rings (SSSR count). The molecule has 0 aromatic heterocycles. The molecule has 5 nitrogen and oxygen atoms in total. The number of nitrogens with two attached hydrogens (primary N) is 1. The third-order valence-electron chi connectivity index (χ3n) is 2.87. The lowest BCUT2D eigenvalue weighted by Crippen LogP contribution is -2.48. The van der Waals surface area contributed by atoms with Gasteiger partial charge in [-0.2, -0.15) is 0 Å². The summed E-state index contributed by atoms with van der Waals surface area (Å²) in [6.07, 6.45) is 2.78. The molecule has 1 spiro atoms. The van der Waals surface area contributed by atoms with Crippen molar-refractivity contribution in [1.29, 1.82) is 0 Å². The lowest BCUT2D eigenvalue weighted by molar-refractivity contribution is -0.187. The minimum atomic E-state index is -0.397. The van der Waals surface area contributed by atoms with Gasteiger partial charge in [-0.3, -0.25) is 4.79 Å². The molecule has 114 valence electrons. The molecule has 0 unspecified atom stereocenters. The van der Waals surface area contributed by atoms with Gasteiger partial charge in [-0.1, -0.05) is 34.1 Å². The van der Waals surface area contributed by atoms with Crippen LogP contribution in [0.3, 0.4) is 0 Å². The van der Waals surface area contributed by atoms with E-state index in [1.165, 1.54) is 6.42 Å². The summed E-state index contributed by atoms with van der Waals surface area (Å²) in [6, 6.07) is 0. The van der Waals surface area contributed by atoms with Gasteiger partial charge in [0, 0.05) is 25.9 Å². The number of ether oxygens (including phenoxy) is 2. The van der Waals surface area contributed by atoms with Crippen LogP contribution in [0.15, 0.2) is 0 Å². The summed E-state index contributed by atoms with van der Waals surface area (Å²) < 4.78 is 11.1. The van der Waals surface area contributed by atoms with Gasteiger partial charge in [-0.15, -0.1) is 0 Å². The van der Waals surface area contributed by atoms with Crippen molar-refractivity contribution in [2.24, 2.45) is 5.73 Å². The molecule has 19 heavy (non-hydrogen) atoms. The first kappa shape index (κ1) is 18.4. The molecule has 2 saturated heterocycles. The molecule has 0 atom stereocenters. The Kier molecular flexibility index (Phi) is 9.83. The number of amides is 1. The fraction of sp³-hybridized carbons (Fsp3) is 0.929. The third-order valence-corrected chi connectivity index (χ3v) is 2.87. The first-order chi connectivity index (χ1) is 9.17. The Bertz CT molecular complexity index is 231. The van der Waals surface area contributed by atoms with Crippen LogP contribution in [0.5, 0.6) is 0 Å².